The molecule has 0 unspecified atom stereocenters. The molecular formula is C22H23N3O4S. The van der Waals surface area contributed by atoms with Gasteiger partial charge in [-0.1, -0.05) is 0 Å². The summed E-state index contributed by atoms with van der Waals surface area (Å²) in [5, 5.41) is 6.89. The normalized spacial score (nSPS) is 14.0. The number of ether oxygens (including phenoxy) is 4. The summed E-state index contributed by atoms with van der Waals surface area (Å²) >= 11 is 1.52. The van der Waals surface area contributed by atoms with Gasteiger partial charge in [0.15, 0.2) is 11.5 Å². The van der Waals surface area contributed by atoms with Crippen molar-refractivity contribution in [2.75, 3.05) is 34.5 Å². The molecule has 30 heavy (non-hydrogen) atoms. The number of hydrogen-bond acceptors (Lipinski definition) is 7. The summed E-state index contributed by atoms with van der Waals surface area (Å²) < 4.78 is 24.1. The topological polar surface area (TPSA) is 66.6 Å². The first-order valence-electron chi connectivity index (χ1n) is 9.46. The highest BCUT2D eigenvalue weighted by atomic mass is 32.1. The Morgan fingerprint density at radius 2 is 1.83 bits per heavy atom. The van der Waals surface area contributed by atoms with Gasteiger partial charge in [-0.2, -0.15) is 5.10 Å². The molecule has 1 aliphatic rings. The van der Waals surface area contributed by atoms with Crippen molar-refractivity contribution < 1.29 is 18.9 Å². The fraction of sp³-hybridized carbons (Fsp3) is 0.273. The Labute approximate surface area is 178 Å². The molecule has 0 amide bonds. The lowest BCUT2D eigenvalue weighted by atomic mass is 10.1. The Morgan fingerprint density at radius 3 is 2.57 bits per heavy atom. The van der Waals surface area contributed by atoms with Gasteiger partial charge in [0, 0.05) is 29.6 Å². The van der Waals surface area contributed by atoms with E-state index in [1.807, 2.05) is 53.4 Å². The summed E-state index contributed by atoms with van der Waals surface area (Å²) in [5.74, 6) is 2.93. The van der Waals surface area contributed by atoms with Crippen LogP contribution in [0, 0.1) is 0 Å². The Kier molecular flexibility index (Phi) is 5.76. The highest BCUT2D eigenvalue weighted by Gasteiger charge is 2.16. The van der Waals surface area contributed by atoms with E-state index >= 15 is 0 Å². The van der Waals surface area contributed by atoms with E-state index in [0.29, 0.717) is 19.0 Å². The van der Waals surface area contributed by atoms with Crippen molar-refractivity contribution in [2.45, 2.75) is 6.92 Å². The monoisotopic (exact) mass is 425 g/mol. The number of fused-ring (bicyclic) bond motifs is 1. The van der Waals surface area contributed by atoms with E-state index < -0.39 is 0 Å². The van der Waals surface area contributed by atoms with E-state index in [4.69, 9.17) is 24.0 Å². The lowest BCUT2D eigenvalue weighted by Gasteiger charge is -2.18. The highest BCUT2D eigenvalue weighted by Crippen LogP contribution is 2.34. The number of thiazole rings is 1. The maximum Gasteiger partial charge on any atom is 0.205 e. The molecule has 4 rings (SSSR count). The van der Waals surface area contributed by atoms with Crippen LogP contribution in [0.3, 0.4) is 0 Å². The van der Waals surface area contributed by atoms with Crippen molar-refractivity contribution >= 4 is 17.0 Å². The molecule has 0 saturated carbocycles. The third-order valence-electron chi connectivity index (χ3n) is 4.77. The standard InChI is InChI=1S/C22H23N3O4S/c1-14(15-5-8-19-21(11-15)29-10-9-28-19)24-25-18(13-30-22(25)23-2)17-7-6-16(26-3)12-20(17)27-4/h5-8,11-13H,9-10H2,1-4H3. The summed E-state index contributed by atoms with van der Waals surface area (Å²) in [6, 6.07) is 11.6. The first-order valence-corrected chi connectivity index (χ1v) is 10.3. The van der Waals surface area contributed by atoms with Crippen molar-refractivity contribution in [3.8, 4) is 34.3 Å². The van der Waals surface area contributed by atoms with Crippen LogP contribution in [-0.2, 0) is 0 Å². The molecule has 0 spiro atoms. The molecule has 1 aliphatic heterocycles. The molecule has 0 aliphatic carbocycles. The molecule has 0 N–H and O–H groups in total. The molecule has 2 heterocycles. The van der Waals surface area contributed by atoms with Gasteiger partial charge in [0.1, 0.15) is 24.7 Å². The van der Waals surface area contributed by atoms with E-state index in [1.165, 1.54) is 11.3 Å². The minimum atomic E-state index is 0.548. The van der Waals surface area contributed by atoms with Crippen LogP contribution in [0.2, 0.25) is 0 Å². The summed E-state index contributed by atoms with van der Waals surface area (Å²) in [4.78, 5) is 5.16. The van der Waals surface area contributed by atoms with Gasteiger partial charge in [-0.15, -0.1) is 11.3 Å². The first-order chi connectivity index (χ1) is 14.6. The molecule has 8 heteroatoms. The maximum absolute atomic E-state index is 5.71. The van der Waals surface area contributed by atoms with Crippen molar-refractivity contribution in [3.05, 3.63) is 52.1 Å². The Bertz CT molecular complexity index is 1160. The lowest BCUT2D eigenvalue weighted by molar-refractivity contribution is 0.171. The molecule has 0 fully saturated rings. The zero-order valence-corrected chi connectivity index (χ0v) is 18.2. The highest BCUT2D eigenvalue weighted by molar-refractivity contribution is 7.07. The minimum Gasteiger partial charge on any atom is -0.497 e. The Balaban J connectivity index is 1.80. The van der Waals surface area contributed by atoms with E-state index in [1.54, 1.807) is 21.3 Å². The Morgan fingerprint density at radius 1 is 1.03 bits per heavy atom. The number of methoxy groups -OCH3 is 2. The number of rotatable bonds is 5. The molecule has 156 valence electrons. The third kappa shape index (κ3) is 3.78. The van der Waals surface area contributed by atoms with Crippen LogP contribution < -0.4 is 23.7 Å². The van der Waals surface area contributed by atoms with E-state index in [-0.39, 0.29) is 0 Å². The van der Waals surface area contributed by atoms with Crippen LogP contribution in [0.15, 0.2) is 51.9 Å². The maximum atomic E-state index is 5.71. The molecule has 0 saturated heterocycles. The van der Waals surface area contributed by atoms with Gasteiger partial charge in [-0.05, 0) is 37.3 Å². The molecule has 1 aromatic heterocycles. The van der Waals surface area contributed by atoms with Crippen molar-refractivity contribution in [3.63, 3.8) is 0 Å². The molecule has 0 bridgehead atoms. The van der Waals surface area contributed by atoms with Crippen LogP contribution >= 0.6 is 11.3 Å². The van der Waals surface area contributed by atoms with Crippen molar-refractivity contribution in [1.82, 2.24) is 4.68 Å². The molecule has 3 aromatic rings. The predicted molar refractivity (Wildman–Crippen MR) is 117 cm³/mol. The summed E-state index contributed by atoms with van der Waals surface area (Å²) in [5.41, 5.74) is 3.57. The molecule has 2 aromatic carbocycles. The zero-order chi connectivity index (χ0) is 21.1. The SMILES string of the molecule is CN=c1scc(-c2ccc(OC)cc2OC)n1N=C(C)c1ccc2c(c1)OCCO2. The zero-order valence-electron chi connectivity index (χ0n) is 17.3. The van der Waals surface area contributed by atoms with Crippen LogP contribution in [0.4, 0.5) is 0 Å². The number of nitrogens with zero attached hydrogens (tertiary/aromatic N) is 3. The summed E-state index contributed by atoms with van der Waals surface area (Å²) in [6.45, 7) is 3.08. The first kappa shape index (κ1) is 20.0. The quantitative estimate of drug-likeness (QED) is 0.583. The number of aromatic nitrogens is 1. The van der Waals surface area contributed by atoms with Gasteiger partial charge in [0.25, 0.3) is 0 Å². The average Bonchev–Trinajstić information content (AvgIpc) is 3.20. The molecule has 0 radical (unpaired) electrons. The van der Waals surface area contributed by atoms with Gasteiger partial charge in [-0.25, -0.2) is 4.68 Å². The minimum absolute atomic E-state index is 0.548. The van der Waals surface area contributed by atoms with E-state index in [0.717, 1.165) is 44.6 Å². The smallest absolute Gasteiger partial charge is 0.205 e. The van der Waals surface area contributed by atoms with Gasteiger partial charge in [-0.3, -0.25) is 4.99 Å². The van der Waals surface area contributed by atoms with Gasteiger partial charge < -0.3 is 18.9 Å². The largest absolute Gasteiger partial charge is 0.497 e. The van der Waals surface area contributed by atoms with Gasteiger partial charge in [0.05, 0.1) is 25.6 Å². The van der Waals surface area contributed by atoms with Crippen LogP contribution in [-0.4, -0.2) is 44.9 Å². The molecule has 0 atom stereocenters. The van der Waals surface area contributed by atoms with Crippen molar-refractivity contribution in [1.29, 1.82) is 0 Å². The second kappa shape index (κ2) is 8.62. The predicted octanol–water partition coefficient (Wildman–Crippen LogP) is 3.81. The summed E-state index contributed by atoms with van der Waals surface area (Å²) in [6.07, 6.45) is 0. The van der Waals surface area contributed by atoms with E-state index in [2.05, 4.69) is 4.99 Å². The number of benzene rings is 2. The van der Waals surface area contributed by atoms with Crippen LogP contribution in [0.1, 0.15) is 12.5 Å². The Hall–Kier alpha value is -3.26. The lowest BCUT2D eigenvalue weighted by Crippen LogP contribution is -2.16. The van der Waals surface area contributed by atoms with Gasteiger partial charge in [0.2, 0.25) is 4.80 Å². The second-order valence-electron chi connectivity index (χ2n) is 6.55. The molecular weight excluding hydrogens is 402 g/mol. The van der Waals surface area contributed by atoms with Crippen molar-refractivity contribution in [2.24, 2.45) is 10.1 Å². The van der Waals surface area contributed by atoms with Crippen LogP contribution in [0.25, 0.3) is 11.3 Å². The fourth-order valence-electron chi connectivity index (χ4n) is 3.22. The summed E-state index contributed by atoms with van der Waals surface area (Å²) in [7, 11) is 5.03. The fourth-order valence-corrected chi connectivity index (χ4v) is 4.01. The molecule has 7 nitrogen and oxygen atoms in total. The second-order valence-corrected chi connectivity index (χ2v) is 7.39. The third-order valence-corrected chi connectivity index (χ3v) is 5.68. The van der Waals surface area contributed by atoms with Crippen LogP contribution in [0.5, 0.6) is 23.0 Å². The van der Waals surface area contributed by atoms with Gasteiger partial charge >= 0.3 is 0 Å². The van der Waals surface area contributed by atoms with E-state index in [9.17, 15) is 0 Å². The average molecular weight is 426 g/mol. The number of hydrogen-bond donors (Lipinski definition) is 0.